The van der Waals surface area contributed by atoms with E-state index < -0.39 is 21.6 Å². The minimum absolute atomic E-state index is 0.274. The van der Waals surface area contributed by atoms with Crippen LogP contribution in [-0.4, -0.2) is 9.85 Å². The smallest absolute Gasteiger partial charge is 0.258 e. The van der Waals surface area contributed by atoms with Gasteiger partial charge in [-0.1, -0.05) is 15.9 Å². The zero-order valence-electron chi connectivity index (χ0n) is 11.2. The summed E-state index contributed by atoms with van der Waals surface area (Å²) in [7, 11) is 0. The largest absolute Gasteiger partial charge is 0.416 e. The van der Waals surface area contributed by atoms with Gasteiger partial charge in [-0.2, -0.15) is 13.2 Å². The lowest BCUT2D eigenvalue weighted by molar-refractivity contribution is -0.394. The second kappa shape index (κ2) is 7.68. The maximum atomic E-state index is 11.9. The molecule has 0 fully saturated rings. The highest BCUT2D eigenvalue weighted by Crippen LogP contribution is 2.29. The van der Waals surface area contributed by atoms with E-state index in [1.807, 2.05) is 0 Å². The maximum absolute atomic E-state index is 11.9. The van der Waals surface area contributed by atoms with Crippen LogP contribution in [0.3, 0.4) is 0 Å². The molecule has 0 aliphatic heterocycles. The van der Waals surface area contributed by atoms with E-state index in [4.69, 9.17) is 0 Å². The van der Waals surface area contributed by atoms with Crippen molar-refractivity contribution in [3.63, 3.8) is 0 Å². The van der Waals surface area contributed by atoms with Crippen LogP contribution >= 0.6 is 15.9 Å². The van der Waals surface area contributed by atoms with Crippen molar-refractivity contribution in [2.75, 3.05) is 0 Å². The summed E-state index contributed by atoms with van der Waals surface area (Å²) in [5.74, 6) is 0. The van der Waals surface area contributed by atoms with Gasteiger partial charge < -0.3 is 0 Å². The monoisotopic (exact) mass is 392 g/mol. The average molecular weight is 393 g/mol. The lowest BCUT2D eigenvalue weighted by Crippen LogP contribution is -2.03. The van der Waals surface area contributed by atoms with Crippen LogP contribution < -0.4 is 0 Å². The Hall–Kier alpha value is -2.49. The van der Waals surface area contributed by atoms with Crippen LogP contribution in [0.25, 0.3) is 0 Å². The number of hydrogen-bond donors (Lipinski definition) is 0. The predicted molar refractivity (Wildman–Crippen MR) is 78.9 cm³/mol. The minimum atomic E-state index is -4.24. The molecule has 23 heavy (non-hydrogen) atoms. The van der Waals surface area contributed by atoms with Crippen molar-refractivity contribution in [1.82, 2.24) is 0 Å². The van der Waals surface area contributed by atoms with Crippen molar-refractivity contribution < 1.29 is 23.0 Å². The SMILES string of the molecule is FC(F)(F)c1ccc(Br)cc1.O=[N+]([O-])c1cccc([N+](=O)[O-])c1. The summed E-state index contributed by atoms with van der Waals surface area (Å²) in [5, 5.41) is 20.3. The van der Waals surface area contributed by atoms with E-state index >= 15 is 0 Å². The van der Waals surface area contributed by atoms with Gasteiger partial charge in [-0.3, -0.25) is 20.2 Å². The molecule has 0 bridgehead atoms. The number of nitro groups is 2. The number of benzene rings is 2. The highest BCUT2D eigenvalue weighted by atomic mass is 79.9. The summed E-state index contributed by atoms with van der Waals surface area (Å²) < 4.78 is 36.4. The normalized spacial score (nSPS) is 10.4. The molecule has 2 aromatic carbocycles. The molecule has 0 aliphatic carbocycles. The van der Waals surface area contributed by atoms with Gasteiger partial charge in [-0.25, -0.2) is 0 Å². The summed E-state index contributed by atoms with van der Waals surface area (Å²) in [6.45, 7) is 0. The molecule has 2 aromatic rings. The van der Waals surface area contributed by atoms with Gasteiger partial charge in [-0.15, -0.1) is 0 Å². The van der Waals surface area contributed by atoms with Crippen LogP contribution in [0.4, 0.5) is 24.5 Å². The summed E-state index contributed by atoms with van der Waals surface area (Å²) >= 11 is 3.04. The summed E-state index contributed by atoms with van der Waals surface area (Å²) in [5.41, 5.74) is -1.17. The van der Waals surface area contributed by atoms with Crippen molar-refractivity contribution >= 4 is 27.3 Å². The van der Waals surface area contributed by atoms with Gasteiger partial charge in [0, 0.05) is 16.6 Å². The summed E-state index contributed by atoms with van der Waals surface area (Å²) in [6, 6.07) is 9.38. The summed E-state index contributed by atoms with van der Waals surface area (Å²) in [6.07, 6.45) is -4.24. The zero-order chi connectivity index (χ0) is 17.6. The average Bonchev–Trinajstić information content (AvgIpc) is 2.47. The fourth-order valence-electron chi connectivity index (χ4n) is 1.36. The molecule has 0 atom stereocenters. The molecular weight excluding hydrogens is 385 g/mol. The quantitative estimate of drug-likeness (QED) is 0.533. The standard InChI is InChI=1S/C7H4BrF3.C6H4N2O4/c8-6-3-1-5(2-4-6)7(9,10)11;9-7(10)5-2-1-3-6(4-5)8(11)12/h1-4H;1-4H. The Morgan fingerprint density at radius 1 is 0.870 bits per heavy atom. The first-order chi connectivity index (χ1) is 10.6. The van der Waals surface area contributed by atoms with E-state index in [0.717, 1.165) is 18.2 Å². The van der Waals surface area contributed by atoms with E-state index in [0.29, 0.717) is 4.47 Å². The third-order valence-electron chi connectivity index (χ3n) is 2.42. The Bertz CT molecular complexity index is 676. The Morgan fingerprint density at radius 3 is 1.65 bits per heavy atom. The van der Waals surface area contributed by atoms with E-state index in [1.165, 1.54) is 30.3 Å². The van der Waals surface area contributed by atoms with Crippen molar-refractivity contribution in [2.45, 2.75) is 6.18 Å². The van der Waals surface area contributed by atoms with E-state index in [-0.39, 0.29) is 11.4 Å². The first-order valence-electron chi connectivity index (χ1n) is 5.83. The predicted octanol–water partition coefficient (Wildman–Crippen LogP) is 4.97. The number of rotatable bonds is 2. The van der Waals surface area contributed by atoms with Gasteiger partial charge in [-0.05, 0) is 30.3 Å². The molecule has 122 valence electrons. The molecule has 0 heterocycles. The summed E-state index contributed by atoms with van der Waals surface area (Å²) in [4.78, 5) is 19.0. The van der Waals surface area contributed by atoms with E-state index in [2.05, 4.69) is 15.9 Å². The molecule has 10 heteroatoms. The molecule has 0 amide bonds. The molecule has 0 unspecified atom stereocenters. The Morgan fingerprint density at radius 2 is 1.30 bits per heavy atom. The molecule has 0 saturated carbocycles. The van der Waals surface area contributed by atoms with Crippen molar-refractivity contribution in [3.05, 3.63) is 78.8 Å². The first-order valence-corrected chi connectivity index (χ1v) is 6.62. The topological polar surface area (TPSA) is 86.3 Å². The Kier molecular flexibility index (Phi) is 6.19. The van der Waals surface area contributed by atoms with Gasteiger partial charge in [0.2, 0.25) is 0 Å². The third kappa shape index (κ3) is 6.02. The van der Waals surface area contributed by atoms with Crippen LogP contribution in [0.15, 0.2) is 53.0 Å². The molecule has 0 spiro atoms. The van der Waals surface area contributed by atoms with E-state index in [1.54, 1.807) is 0 Å². The molecule has 0 N–H and O–H groups in total. The van der Waals surface area contributed by atoms with Crippen LogP contribution in [0.1, 0.15) is 5.56 Å². The number of nitrogens with zero attached hydrogens (tertiary/aromatic N) is 2. The van der Waals surface area contributed by atoms with Crippen LogP contribution in [0.5, 0.6) is 0 Å². The second-order valence-corrected chi connectivity index (χ2v) is 4.95. The third-order valence-corrected chi connectivity index (χ3v) is 2.95. The van der Waals surface area contributed by atoms with Gasteiger partial charge in [0.25, 0.3) is 11.4 Å². The molecule has 2 rings (SSSR count). The fraction of sp³-hybridized carbons (Fsp3) is 0.0769. The number of halogens is 4. The van der Waals surface area contributed by atoms with Gasteiger partial charge >= 0.3 is 6.18 Å². The van der Waals surface area contributed by atoms with Gasteiger partial charge in [0.15, 0.2) is 0 Å². The van der Waals surface area contributed by atoms with Crippen LogP contribution in [0.2, 0.25) is 0 Å². The number of hydrogen-bond acceptors (Lipinski definition) is 4. The van der Waals surface area contributed by atoms with Crippen LogP contribution in [-0.2, 0) is 6.18 Å². The number of nitro benzene ring substituents is 2. The van der Waals surface area contributed by atoms with Crippen molar-refractivity contribution in [3.8, 4) is 0 Å². The van der Waals surface area contributed by atoms with Crippen molar-refractivity contribution in [1.29, 1.82) is 0 Å². The highest BCUT2D eigenvalue weighted by molar-refractivity contribution is 9.10. The van der Waals surface area contributed by atoms with Gasteiger partial charge in [0.05, 0.1) is 21.5 Å². The molecule has 0 aliphatic rings. The Labute approximate surface area is 136 Å². The lowest BCUT2D eigenvalue weighted by Gasteiger charge is -2.04. The lowest BCUT2D eigenvalue weighted by atomic mass is 10.2. The second-order valence-electron chi connectivity index (χ2n) is 4.04. The van der Waals surface area contributed by atoms with Crippen molar-refractivity contribution in [2.24, 2.45) is 0 Å². The van der Waals surface area contributed by atoms with E-state index in [9.17, 15) is 33.4 Å². The molecule has 6 nitrogen and oxygen atoms in total. The van der Waals surface area contributed by atoms with Gasteiger partial charge in [0.1, 0.15) is 0 Å². The maximum Gasteiger partial charge on any atom is 0.416 e. The zero-order valence-corrected chi connectivity index (χ0v) is 12.7. The number of non-ortho nitro benzene ring substituents is 2. The number of alkyl halides is 3. The molecular formula is C13H8BrF3N2O4. The van der Waals surface area contributed by atoms with Crippen LogP contribution in [0, 0.1) is 20.2 Å². The highest BCUT2D eigenvalue weighted by Gasteiger charge is 2.29. The molecule has 0 radical (unpaired) electrons. The minimum Gasteiger partial charge on any atom is -0.258 e. The molecule has 0 saturated heterocycles. The molecule has 0 aromatic heterocycles. The Balaban J connectivity index is 0.000000231. The fourth-order valence-corrected chi connectivity index (χ4v) is 1.62. The first kappa shape index (κ1) is 18.6.